The lowest BCUT2D eigenvalue weighted by Gasteiger charge is -2.47. The van der Waals surface area contributed by atoms with Gasteiger partial charge in [0.2, 0.25) is 5.91 Å². The van der Waals surface area contributed by atoms with Crippen molar-refractivity contribution in [3.63, 3.8) is 0 Å². The number of anilines is 1. The summed E-state index contributed by atoms with van der Waals surface area (Å²) in [7, 11) is 2.01. The van der Waals surface area contributed by atoms with Gasteiger partial charge in [0.05, 0.1) is 57.3 Å². The maximum absolute atomic E-state index is 16.0. The average molecular weight is 1100 g/mol. The standard InChI is InChI=1S/C55H67F7N8O8/c1-53(2,3)42(22-48(73)76-6)50(74)67-69(28-41-43(56)19-35(20-44(41)57)37(23-63)25-65-51(58)59)29-46(72)36(21-45(71)49(66-52(75)77-7)54(4,5)55(60,61)62)18-33-11-8-32(9-12-33)10-13-34-14-17-47(64-24-34)68-26-38-15-16-39(27-68)70(38)40-30-78-31-40/h8-9,11-12,14,17,19-20,23-25,36,38-40,42,46,49,51,72H,15-16,18,21-22,26-31,63H2,1-7H3,(H,66,75)(H,67,74)/t36-,38?,39?,42-,46+,49-/m1/s1. The molecule has 2 unspecified atom stereocenters. The number of aromatic nitrogens is 1. The van der Waals surface area contributed by atoms with Crippen LogP contribution in [0.5, 0.6) is 0 Å². The fourth-order valence-electron chi connectivity index (χ4n) is 9.92. The van der Waals surface area contributed by atoms with Gasteiger partial charge in [-0.05, 0) is 92.0 Å². The number of ether oxygens (including phenoxy) is 3. The first kappa shape index (κ1) is 60.6. The molecule has 23 heteroatoms. The van der Waals surface area contributed by atoms with Gasteiger partial charge in [0.25, 0.3) is 0 Å². The smallest absolute Gasteiger partial charge is 0.407 e. The number of hydrazine groups is 1. The summed E-state index contributed by atoms with van der Waals surface area (Å²) in [5.74, 6) is -0.727. The molecule has 4 heterocycles. The summed E-state index contributed by atoms with van der Waals surface area (Å²) in [6.07, 6.45) is -4.29. The lowest BCUT2D eigenvalue weighted by molar-refractivity contribution is -0.220. The fraction of sp³-hybridized carbons (Fsp3) is 0.527. The molecule has 16 nitrogen and oxygen atoms in total. The number of aliphatic hydroxyl groups excluding tert-OH is 1. The van der Waals surface area contributed by atoms with E-state index in [9.17, 15) is 46.2 Å². The number of aliphatic imine (C=N–C) groups is 1. The molecule has 424 valence electrons. The minimum Gasteiger partial charge on any atom is -0.469 e. The van der Waals surface area contributed by atoms with Crippen molar-refractivity contribution in [1.82, 2.24) is 25.6 Å². The van der Waals surface area contributed by atoms with E-state index in [1.54, 1.807) is 51.2 Å². The molecule has 0 saturated carbocycles. The second-order valence-corrected chi connectivity index (χ2v) is 21.4. The van der Waals surface area contributed by atoms with E-state index in [0.717, 1.165) is 82.5 Å². The zero-order chi connectivity index (χ0) is 57.3. The predicted octanol–water partition coefficient (Wildman–Crippen LogP) is 6.96. The monoisotopic (exact) mass is 1100 g/mol. The molecular weight excluding hydrogens is 1030 g/mol. The average Bonchev–Trinajstić information content (AvgIpc) is 3.61. The van der Waals surface area contributed by atoms with Gasteiger partial charge in [-0.1, -0.05) is 44.7 Å². The topological polar surface area (TPSA) is 201 Å². The molecular formula is C55H67F7N8O8. The zero-order valence-corrected chi connectivity index (χ0v) is 44.5. The van der Waals surface area contributed by atoms with Crippen LogP contribution in [0, 0.1) is 46.1 Å². The lowest BCUT2D eigenvalue weighted by atomic mass is 9.77. The molecule has 6 atom stereocenters. The first-order valence-electron chi connectivity index (χ1n) is 25.4. The molecule has 3 aliphatic rings. The quantitative estimate of drug-likeness (QED) is 0.0213. The molecule has 3 aliphatic heterocycles. The lowest BCUT2D eigenvalue weighted by Crippen LogP contribution is -2.62. The number of carbonyl (C=O) groups is 4. The van der Waals surface area contributed by atoms with E-state index in [0.29, 0.717) is 54.9 Å². The molecule has 3 fully saturated rings. The number of hydrogen-bond donors (Lipinski definition) is 4. The highest BCUT2D eigenvalue weighted by molar-refractivity contribution is 6.09. The minimum absolute atomic E-state index is 0.214. The van der Waals surface area contributed by atoms with Crippen LogP contribution < -0.4 is 21.4 Å². The number of pyridine rings is 1. The Morgan fingerprint density at radius 3 is 2.05 bits per heavy atom. The summed E-state index contributed by atoms with van der Waals surface area (Å²) in [4.78, 5) is 65.9. The van der Waals surface area contributed by atoms with Crippen LogP contribution in [-0.2, 0) is 41.6 Å². The molecule has 0 spiro atoms. The van der Waals surface area contributed by atoms with Gasteiger partial charge in [-0.15, -0.1) is 0 Å². The van der Waals surface area contributed by atoms with Gasteiger partial charge < -0.3 is 35.3 Å². The number of nitrogens with zero attached hydrogens (tertiary/aromatic N) is 5. The number of benzene rings is 2. The highest BCUT2D eigenvalue weighted by Crippen LogP contribution is 2.42. The van der Waals surface area contributed by atoms with E-state index in [2.05, 4.69) is 36.8 Å². The van der Waals surface area contributed by atoms with Crippen molar-refractivity contribution in [3.8, 4) is 11.8 Å². The van der Waals surface area contributed by atoms with Crippen LogP contribution in [-0.4, -0.2) is 140 Å². The molecule has 3 aromatic rings. The Bertz CT molecular complexity index is 2680. The van der Waals surface area contributed by atoms with Gasteiger partial charge in [0.1, 0.15) is 23.5 Å². The first-order chi connectivity index (χ1) is 36.7. The van der Waals surface area contributed by atoms with Crippen molar-refractivity contribution in [2.24, 2.45) is 33.4 Å². The number of fused-ring (bicyclic) bond motifs is 2. The molecule has 0 radical (unpaired) electrons. The largest absolute Gasteiger partial charge is 0.469 e. The van der Waals surface area contributed by atoms with E-state index in [1.165, 1.54) is 0 Å². The number of esters is 1. The maximum Gasteiger partial charge on any atom is 0.407 e. The molecule has 2 bridgehead atoms. The van der Waals surface area contributed by atoms with Gasteiger partial charge in [-0.2, -0.15) is 22.0 Å². The third-order valence-corrected chi connectivity index (χ3v) is 14.7. The number of halogens is 7. The number of nitrogens with two attached hydrogens (primary N) is 1. The van der Waals surface area contributed by atoms with Crippen LogP contribution in [0.3, 0.4) is 0 Å². The van der Waals surface area contributed by atoms with Crippen LogP contribution in [0.15, 0.2) is 65.9 Å². The fourth-order valence-corrected chi connectivity index (χ4v) is 9.92. The Morgan fingerprint density at radius 2 is 1.54 bits per heavy atom. The van der Waals surface area contributed by atoms with Crippen LogP contribution in [0.4, 0.5) is 41.3 Å². The second-order valence-electron chi connectivity index (χ2n) is 21.4. The number of rotatable bonds is 21. The van der Waals surface area contributed by atoms with Crippen molar-refractivity contribution < 1.29 is 69.2 Å². The van der Waals surface area contributed by atoms with Crippen molar-refractivity contribution in [2.45, 2.75) is 116 Å². The normalized spacial score (nSPS) is 18.9. The number of alkyl halides is 5. The van der Waals surface area contributed by atoms with Gasteiger partial charge >= 0.3 is 24.8 Å². The highest BCUT2D eigenvalue weighted by atomic mass is 19.4. The predicted molar refractivity (Wildman–Crippen MR) is 275 cm³/mol. The summed E-state index contributed by atoms with van der Waals surface area (Å²) in [5.41, 5.74) is 4.67. The molecule has 0 aliphatic carbocycles. The molecule has 78 heavy (non-hydrogen) atoms. The number of carbonyl (C=O) groups excluding carboxylic acids is 4. The number of ketones is 1. The maximum atomic E-state index is 16.0. The van der Waals surface area contributed by atoms with Gasteiger partial charge in [-0.3, -0.25) is 24.7 Å². The highest BCUT2D eigenvalue weighted by Gasteiger charge is 2.56. The Labute approximate surface area is 448 Å². The van der Waals surface area contributed by atoms with Gasteiger partial charge in [0.15, 0.2) is 5.78 Å². The molecule has 3 saturated heterocycles. The number of alkyl carbamates (subject to hydrolysis) is 1. The molecule has 1 aromatic heterocycles. The van der Waals surface area contributed by atoms with E-state index >= 15 is 8.78 Å². The van der Waals surface area contributed by atoms with Crippen LogP contribution in [0.2, 0.25) is 0 Å². The third kappa shape index (κ3) is 15.4. The summed E-state index contributed by atoms with van der Waals surface area (Å²) in [5, 5.41) is 15.1. The Kier molecular flexibility index (Phi) is 20.1. The van der Waals surface area contributed by atoms with Gasteiger partial charge in [-0.25, -0.2) is 28.6 Å². The van der Waals surface area contributed by atoms with Crippen molar-refractivity contribution in [3.05, 3.63) is 100 Å². The summed E-state index contributed by atoms with van der Waals surface area (Å²) >= 11 is 0. The first-order valence-corrected chi connectivity index (χ1v) is 25.4. The molecule has 2 amide bonds. The molecule has 5 N–H and O–H groups in total. The SMILES string of the molecule is COC(=O)C[C@H](C(=O)NN(Cc1c(F)cc(C(C=NC(F)F)=CN)cc1F)C[C@H](O)[C@@H](CC(=O)[C@@H](NC(=O)OC)C(C)(C)C(F)(F)F)Cc1ccc(C#Cc2ccc(N3CC4CCC(C3)N4C3COC3)nc2)cc1)C(C)(C)C. The second kappa shape index (κ2) is 25.9. The Hall–Kier alpha value is -6.61. The number of methoxy groups -OCH3 is 2. The number of piperazine rings is 1. The van der Waals surface area contributed by atoms with Gasteiger partial charge in [0, 0.05) is 85.6 Å². The molecule has 6 rings (SSSR count). The minimum atomic E-state index is -5.05. The van der Waals surface area contributed by atoms with E-state index in [4.69, 9.17) is 20.2 Å². The van der Waals surface area contributed by atoms with Crippen molar-refractivity contribution in [2.75, 3.05) is 52.0 Å². The van der Waals surface area contributed by atoms with E-state index < -0.39 is 114 Å². The Balaban J connectivity index is 1.29. The number of aliphatic hydroxyl groups is 1. The Morgan fingerprint density at radius 1 is 0.923 bits per heavy atom. The van der Waals surface area contributed by atoms with Crippen molar-refractivity contribution in [1.29, 1.82) is 0 Å². The van der Waals surface area contributed by atoms with E-state index in [-0.39, 0.29) is 17.6 Å². The third-order valence-electron chi connectivity index (χ3n) is 14.7. The van der Waals surface area contributed by atoms with E-state index in [1.807, 2.05) is 17.4 Å². The van der Waals surface area contributed by atoms with Crippen molar-refractivity contribution >= 4 is 41.4 Å². The number of hydrogen-bond acceptors (Lipinski definition) is 14. The number of nitrogens with one attached hydrogen (secondary N) is 2. The number of amides is 2. The summed E-state index contributed by atoms with van der Waals surface area (Å²) in [6.45, 7) is 4.90. The zero-order valence-electron chi connectivity index (χ0n) is 44.5. The van der Waals surface area contributed by atoms with Crippen LogP contribution in [0.25, 0.3) is 5.57 Å². The van der Waals surface area contributed by atoms with Crippen LogP contribution in [0.1, 0.15) is 88.1 Å². The molecule has 2 aromatic carbocycles. The summed E-state index contributed by atoms with van der Waals surface area (Å²) < 4.78 is 116. The number of allylic oxidation sites excluding steroid dienone is 1. The summed E-state index contributed by atoms with van der Waals surface area (Å²) in [6, 6.07) is 11.1. The van der Waals surface area contributed by atoms with Crippen LogP contribution >= 0.6 is 0 Å². The number of Topliss-reactive ketones (excluding diaryl/α,β-unsaturated/α-hetero) is 1.